The lowest BCUT2D eigenvalue weighted by atomic mass is 9.88. The number of carbonyl (C=O) groups excluding carboxylic acids is 2. The van der Waals surface area contributed by atoms with Gasteiger partial charge in [-0.3, -0.25) is 9.59 Å². The summed E-state index contributed by atoms with van der Waals surface area (Å²) in [6.45, 7) is 6.84. The third-order valence-electron chi connectivity index (χ3n) is 4.05. The molecule has 0 bridgehead atoms. The fraction of sp³-hybridized carbons (Fsp3) is 0.706. The molecule has 5 nitrogen and oxygen atoms in total. The Balaban J connectivity index is 1.96. The van der Waals surface area contributed by atoms with Gasteiger partial charge in [-0.2, -0.15) is 0 Å². The normalized spacial score (nSPS) is 15.7. The van der Waals surface area contributed by atoms with Crippen molar-refractivity contribution < 1.29 is 9.59 Å². The second-order valence-electron chi connectivity index (χ2n) is 6.77. The highest BCUT2D eigenvalue weighted by Crippen LogP contribution is 2.26. The van der Waals surface area contributed by atoms with E-state index < -0.39 is 0 Å². The summed E-state index contributed by atoms with van der Waals surface area (Å²) in [5, 5.41) is 3.40. The second kappa shape index (κ2) is 8.43. The van der Waals surface area contributed by atoms with Gasteiger partial charge in [0.1, 0.15) is 0 Å². The van der Waals surface area contributed by atoms with Gasteiger partial charge in [-0.05, 0) is 25.7 Å². The van der Waals surface area contributed by atoms with E-state index in [0.29, 0.717) is 17.6 Å². The molecule has 6 heteroatoms. The van der Waals surface area contributed by atoms with Gasteiger partial charge in [0.2, 0.25) is 11.8 Å². The van der Waals surface area contributed by atoms with Crippen molar-refractivity contribution in [3.8, 4) is 0 Å². The van der Waals surface area contributed by atoms with Gasteiger partial charge in [0.05, 0.1) is 6.54 Å². The van der Waals surface area contributed by atoms with Crippen LogP contribution in [0, 0.1) is 18.8 Å². The van der Waals surface area contributed by atoms with E-state index in [1.807, 2.05) is 6.92 Å². The molecule has 0 saturated heterocycles. The highest BCUT2D eigenvalue weighted by molar-refractivity contribution is 7.15. The lowest BCUT2D eigenvalue weighted by Crippen LogP contribution is -2.43. The topological polar surface area (TPSA) is 62.3 Å². The molecule has 23 heavy (non-hydrogen) atoms. The maximum atomic E-state index is 12.8. The van der Waals surface area contributed by atoms with Crippen LogP contribution in [0.3, 0.4) is 0 Å². The SMILES string of the molecule is Cc1cnc(NC(=O)CN(CC(C)C)C(=O)C2CCCCC2)s1. The minimum absolute atomic E-state index is 0.0948. The van der Waals surface area contributed by atoms with Gasteiger partial charge in [0, 0.05) is 23.5 Å². The molecule has 1 aromatic rings. The molecule has 2 amide bonds. The first-order chi connectivity index (χ1) is 11.0. The summed E-state index contributed by atoms with van der Waals surface area (Å²) in [7, 11) is 0. The molecular formula is C17H27N3O2S. The zero-order valence-electron chi connectivity index (χ0n) is 14.3. The molecule has 2 rings (SSSR count). The van der Waals surface area contributed by atoms with Gasteiger partial charge in [0.15, 0.2) is 5.13 Å². The van der Waals surface area contributed by atoms with E-state index in [0.717, 1.165) is 30.6 Å². The molecule has 0 atom stereocenters. The summed E-state index contributed by atoms with van der Waals surface area (Å²) in [5.74, 6) is 0.419. The minimum atomic E-state index is -0.163. The van der Waals surface area contributed by atoms with Crippen molar-refractivity contribution in [2.24, 2.45) is 11.8 Å². The van der Waals surface area contributed by atoms with E-state index in [1.54, 1.807) is 11.1 Å². The number of aryl methyl sites for hydroxylation is 1. The van der Waals surface area contributed by atoms with Crippen molar-refractivity contribution >= 4 is 28.3 Å². The third-order valence-corrected chi connectivity index (χ3v) is 4.88. The van der Waals surface area contributed by atoms with Crippen LogP contribution in [0.5, 0.6) is 0 Å². The van der Waals surface area contributed by atoms with Crippen molar-refractivity contribution in [3.63, 3.8) is 0 Å². The van der Waals surface area contributed by atoms with Crippen LogP contribution in [-0.4, -0.2) is 34.8 Å². The smallest absolute Gasteiger partial charge is 0.245 e. The Morgan fingerprint density at radius 3 is 2.61 bits per heavy atom. The predicted octanol–water partition coefficient (Wildman–Crippen LogP) is 3.45. The molecule has 1 aromatic heterocycles. The molecule has 1 saturated carbocycles. The molecule has 1 N–H and O–H groups in total. The average Bonchev–Trinajstić information content (AvgIpc) is 2.91. The van der Waals surface area contributed by atoms with Gasteiger partial charge in [0.25, 0.3) is 0 Å². The van der Waals surface area contributed by atoms with Gasteiger partial charge < -0.3 is 10.2 Å². The Bertz CT molecular complexity index is 536. The molecule has 0 spiro atoms. The van der Waals surface area contributed by atoms with E-state index in [-0.39, 0.29) is 24.3 Å². The van der Waals surface area contributed by atoms with E-state index >= 15 is 0 Å². The van der Waals surface area contributed by atoms with Crippen LogP contribution in [0.2, 0.25) is 0 Å². The van der Waals surface area contributed by atoms with Crippen LogP contribution in [0.1, 0.15) is 50.8 Å². The number of hydrogen-bond acceptors (Lipinski definition) is 4. The van der Waals surface area contributed by atoms with E-state index in [4.69, 9.17) is 0 Å². The van der Waals surface area contributed by atoms with Crippen molar-refractivity contribution in [2.45, 2.75) is 52.9 Å². The summed E-state index contributed by atoms with van der Waals surface area (Å²) in [6, 6.07) is 0. The molecule has 128 valence electrons. The molecule has 0 aromatic carbocycles. The second-order valence-corrected chi connectivity index (χ2v) is 8.01. The van der Waals surface area contributed by atoms with Gasteiger partial charge in [-0.25, -0.2) is 4.98 Å². The van der Waals surface area contributed by atoms with Crippen LogP contribution in [0.25, 0.3) is 0 Å². The number of hydrogen-bond donors (Lipinski definition) is 1. The number of amides is 2. The molecule has 1 aliphatic rings. The van der Waals surface area contributed by atoms with Crippen LogP contribution in [0.15, 0.2) is 6.20 Å². The number of carbonyl (C=O) groups is 2. The van der Waals surface area contributed by atoms with E-state index in [9.17, 15) is 9.59 Å². The van der Waals surface area contributed by atoms with Crippen molar-refractivity contribution in [1.29, 1.82) is 0 Å². The van der Waals surface area contributed by atoms with Gasteiger partial charge >= 0.3 is 0 Å². The number of aromatic nitrogens is 1. The Kier molecular flexibility index (Phi) is 6.57. The Morgan fingerprint density at radius 1 is 1.35 bits per heavy atom. The molecule has 0 unspecified atom stereocenters. The van der Waals surface area contributed by atoms with E-state index in [1.165, 1.54) is 17.8 Å². The van der Waals surface area contributed by atoms with E-state index in [2.05, 4.69) is 24.1 Å². The third kappa shape index (κ3) is 5.61. The average molecular weight is 337 g/mol. The highest BCUT2D eigenvalue weighted by Gasteiger charge is 2.27. The first kappa shape index (κ1) is 17.9. The molecular weight excluding hydrogens is 310 g/mol. The Labute approximate surface area is 142 Å². The first-order valence-electron chi connectivity index (χ1n) is 8.46. The quantitative estimate of drug-likeness (QED) is 0.865. The fourth-order valence-electron chi connectivity index (χ4n) is 3.03. The zero-order valence-corrected chi connectivity index (χ0v) is 15.1. The highest BCUT2D eigenvalue weighted by atomic mass is 32.1. The number of nitrogens with one attached hydrogen (secondary N) is 1. The number of thiazole rings is 1. The van der Waals surface area contributed by atoms with Crippen LogP contribution in [-0.2, 0) is 9.59 Å². The zero-order chi connectivity index (χ0) is 16.8. The lowest BCUT2D eigenvalue weighted by molar-refractivity contribution is -0.139. The molecule has 1 fully saturated rings. The van der Waals surface area contributed by atoms with Crippen LogP contribution >= 0.6 is 11.3 Å². The molecule has 1 heterocycles. The summed E-state index contributed by atoms with van der Waals surface area (Å²) in [4.78, 5) is 31.9. The maximum Gasteiger partial charge on any atom is 0.245 e. The van der Waals surface area contributed by atoms with Gasteiger partial charge in [-0.15, -0.1) is 11.3 Å². The minimum Gasteiger partial charge on any atom is -0.333 e. The van der Waals surface area contributed by atoms with Crippen molar-refractivity contribution in [3.05, 3.63) is 11.1 Å². The van der Waals surface area contributed by atoms with Crippen LogP contribution in [0.4, 0.5) is 5.13 Å². The Morgan fingerprint density at radius 2 is 2.04 bits per heavy atom. The van der Waals surface area contributed by atoms with Crippen molar-refractivity contribution in [1.82, 2.24) is 9.88 Å². The monoisotopic (exact) mass is 337 g/mol. The molecule has 1 aliphatic carbocycles. The van der Waals surface area contributed by atoms with Crippen molar-refractivity contribution in [2.75, 3.05) is 18.4 Å². The lowest BCUT2D eigenvalue weighted by Gasteiger charge is -2.30. The molecule has 0 aliphatic heterocycles. The summed E-state index contributed by atoms with van der Waals surface area (Å²) in [5.41, 5.74) is 0. The fourth-order valence-corrected chi connectivity index (χ4v) is 3.71. The summed E-state index contributed by atoms with van der Waals surface area (Å²) < 4.78 is 0. The Hall–Kier alpha value is -1.43. The maximum absolute atomic E-state index is 12.8. The summed E-state index contributed by atoms with van der Waals surface area (Å²) >= 11 is 1.45. The number of rotatable bonds is 6. The first-order valence-corrected chi connectivity index (χ1v) is 9.28. The van der Waals surface area contributed by atoms with Gasteiger partial charge in [-0.1, -0.05) is 33.1 Å². The molecule has 0 radical (unpaired) electrons. The standard InChI is InChI=1S/C17H27N3O2S/c1-12(2)10-20(16(22)14-7-5-4-6-8-14)11-15(21)19-17-18-9-13(3)23-17/h9,12,14H,4-8,10-11H2,1-3H3,(H,18,19,21). The van der Waals surface area contributed by atoms with Crippen LogP contribution < -0.4 is 5.32 Å². The largest absolute Gasteiger partial charge is 0.333 e. The number of anilines is 1. The number of nitrogens with zero attached hydrogens (tertiary/aromatic N) is 2. The predicted molar refractivity (Wildman–Crippen MR) is 93.5 cm³/mol. The summed E-state index contributed by atoms with van der Waals surface area (Å²) in [6.07, 6.45) is 7.12.